The van der Waals surface area contributed by atoms with E-state index in [1.807, 2.05) is 13.8 Å². The molecule has 1 aromatic rings. The van der Waals surface area contributed by atoms with E-state index in [9.17, 15) is 0 Å². The van der Waals surface area contributed by atoms with Crippen molar-refractivity contribution in [3.05, 3.63) is 11.4 Å². The van der Waals surface area contributed by atoms with E-state index < -0.39 is 0 Å². The summed E-state index contributed by atoms with van der Waals surface area (Å²) < 4.78 is 2.12. The molecule has 0 fully saturated rings. The Morgan fingerprint density at radius 2 is 1.23 bits per heavy atom. The summed E-state index contributed by atoms with van der Waals surface area (Å²) in [4.78, 5) is 0. The first kappa shape index (κ1) is 21.1. The van der Waals surface area contributed by atoms with Crippen LogP contribution in [0.25, 0.3) is 0 Å². The molecule has 0 aromatic carbocycles. The molecule has 0 spiro atoms. The van der Waals surface area contributed by atoms with Crippen LogP contribution < -0.4 is 0 Å². The van der Waals surface area contributed by atoms with E-state index in [-0.39, 0.29) is 5.54 Å². The fourth-order valence-corrected chi connectivity index (χ4v) is 2.25. The van der Waals surface area contributed by atoms with Crippen LogP contribution in [-0.4, -0.2) is 15.0 Å². The molecule has 0 unspecified atom stereocenters. The van der Waals surface area contributed by atoms with Gasteiger partial charge in [0, 0.05) is 0 Å². The van der Waals surface area contributed by atoms with Gasteiger partial charge in [-0.05, 0) is 51.9 Å². The Labute approximate surface area is 138 Å². The molecule has 1 aliphatic rings. The third kappa shape index (κ3) is 8.55. The smallest absolute Gasteiger partial charge is 0.0859 e. The summed E-state index contributed by atoms with van der Waals surface area (Å²) in [5.41, 5.74) is 3.19. The van der Waals surface area contributed by atoms with Crippen molar-refractivity contribution in [3.63, 3.8) is 0 Å². The lowest BCUT2D eigenvalue weighted by Crippen LogP contribution is -2.26. The predicted molar refractivity (Wildman–Crippen MR) is 97.4 cm³/mol. The molecule has 0 radical (unpaired) electrons. The van der Waals surface area contributed by atoms with E-state index in [1.165, 1.54) is 37.1 Å². The number of aromatic nitrogens is 3. The minimum atomic E-state index is 0.0692. The Balaban J connectivity index is 0.000000540. The van der Waals surface area contributed by atoms with Gasteiger partial charge in [-0.15, -0.1) is 5.10 Å². The first-order chi connectivity index (χ1) is 10.1. The Bertz CT molecular complexity index is 399. The summed E-state index contributed by atoms with van der Waals surface area (Å²) in [5.74, 6) is 0. The summed E-state index contributed by atoms with van der Waals surface area (Å²) in [6.07, 6.45) is 7.54. The van der Waals surface area contributed by atoms with Crippen molar-refractivity contribution in [2.75, 3.05) is 0 Å². The number of aryl methyl sites for hydroxylation is 1. The lowest BCUT2D eigenvalue weighted by Gasteiger charge is -2.22. The van der Waals surface area contributed by atoms with Crippen LogP contribution in [0.5, 0.6) is 0 Å². The summed E-state index contributed by atoms with van der Waals surface area (Å²) >= 11 is 0. The van der Waals surface area contributed by atoms with Gasteiger partial charge in [0.15, 0.2) is 0 Å². The molecule has 0 aliphatic heterocycles. The molecule has 0 atom stereocenters. The van der Waals surface area contributed by atoms with Crippen LogP contribution in [0.4, 0.5) is 0 Å². The van der Waals surface area contributed by atoms with E-state index in [4.69, 9.17) is 0 Å². The van der Waals surface area contributed by atoms with Crippen LogP contribution in [0, 0.1) is 5.41 Å². The van der Waals surface area contributed by atoms with Crippen molar-refractivity contribution >= 4 is 0 Å². The maximum Gasteiger partial charge on any atom is 0.0859 e. The van der Waals surface area contributed by atoms with Gasteiger partial charge in [-0.1, -0.05) is 59.6 Å². The van der Waals surface area contributed by atoms with E-state index in [1.54, 1.807) is 0 Å². The number of rotatable bonds is 0. The topological polar surface area (TPSA) is 30.7 Å². The SMILES string of the molecule is CC.CC(C)(C)C.CC(C)(C)n1nnc2c1CCCCCC2. The van der Waals surface area contributed by atoms with Crippen LogP contribution in [-0.2, 0) is 18.4 Å². The largest absolute Gasteiger partial charge is 0.244 e. The highest BCUT2D eigenvalue weighted by atomic mass is 15.5. The minimum absolute atomic E-state index is 0.0692. The zero-order valence-corrected chi connectivity index (χ0v) is 16.6. The highest BCUT2D eigenvalue weighted by Crippen LogP contribution is 2.23. The molecule has 0 bridgehead atoms. The second-order valence-electron chi connectivity index (χ2n) is 8.48. The lowest BCUT2D eigenvalue weighted by molar-refractivity contribution is 0.333. The first-order valence-corrected chi connectivity index (χ1v) is 9.03. The molecule has 0 N–H and O–H groups in total. The Kier molecular flexibility index (Phi) is 8.95. The highest BCUT2D eigenvalue weighted by Gasteiger charge is 2.22. The number of fused-ring (bicyclic) bond motifs is 1. The van der Waals surface area contributed by atoms with Crippen molar-refractivity contribution in [1.29, 1.82) is 0 Å². The van der Waals surface area contributed by atoms with Crippen molar-refractivity contribution in [2.24, 2.45) is 5.41 Å². The van der Waals surface area contributed by atoms with E-state index >= 15 is 0 Å². The molecule has 22 heavy (non-hydrogen) atoms. The molecule has 0 saturated heterocycles. The first-order valence-electron chi connectivity index (χ1n) is 9.03. The number of hydrogen-bond donors (Lipinski definition) is 0. The molecular weight excluding hydrogens is 270 g/mol. The molecule has 1 aromatic heterocycles. The van der Waals surface area contributed by atoms with Gasteiger partial charge in [0.05, 0.1) is 16.9 Å². The summed E-state index contributed by atoms with van der Waals surface area (Å²) in [6, 6.07) is 0. The second-order valence-corrected chi connectivity index (χ2v) is 8.48. The van der Waals surface area contributed by atoms with Gasteiger partial charge in [0.2, 0.25) is 0 Å². The third-order valence-electron chi connectivity index (χ3n) is 3.06. The van der Waals surface area contributed by atoms with Crippen LogP contribution in [0.15, 0.2) is 0 Å². The highest BCUT2D eigenvalue weighted by molar-refractivity contribution is 5.13. The van der Waals surface area contributed by atoms with Crippen LogP contribution in [0.3, 0.4) is 0 Å². The number of hydrogen-bond acceptors (Lipinski definition) is 2. The maximum atomic E-state index is 4.34. The van der Waals surface area contributed by atoms with Crippen LogP contribution in [0.2, 0.25) is 0 Å². The Morgan fingerprint density at radius 3 is 1.68 bits per heavy atom. The predicted octanol–water partition coefficient (Wildman–Crippen LogP) is 5.77. The Hall–Kier alpha value is -0.860. The van der Waals surface area contributed by atoms with Crippen LogP contribution in [0.1, 0.15) is 99.4 Å². The molecule has 3 nitrogen and oxygen atoms in total. The van der Waals surface area contributed by atoms with Gasteiger partial charge >= 0.3 is 0 Å². The summed E-state index contributed by atoms with van der Waals surface area (Å²) in [6.45, 7) is 19.3. The number of nitrogens with zero attached hydrogens (tertiary/aromatic N) is 3. The molecule has 130 valence electrons. The van der Waals surface area contributed by atoms with Gasteiger partial charge < -0.3 is 0 Å². The lowest BCUT2D eigenvalue weighted by atomic mass is 10.00. The van der Waals surface area contributed by atoms with E-state index in [0.717, 1.165) is 12.8 Å². The minimum Gasteiger partial charge on any atom is -0.244 e. The molecular formula is C19H39N3. The third-order valence-corrected chi connectivity index (χ3v) is 3.06. The van der Waals surface area contributed by atoms with E-state index in [0.29, 0.717) is 5.41 Å². The van der Waals surface area contributed by atoms with Crippen LogP contribution >= 0.6 is 0 Å². The normalized spacial score (nSPS) is 15.3. The fourth-order valence-electron chi connectivity index (χ4n) is 2.25. The Morgan fingerprint density at radius 1 is 0.773 bits per heavy atom. The van der Waals surface area contributed by atoms with Gasteiger partial charge in [-0.25, -0.2) is 4.68 Å². The van der Waals surface area contributed by atoms with Gasteiger partial charge in [-0.3, -0.25) is 0 Å². The van der Waals surface area contributed by atoms with Gasteiger partial charge in [-0.2, -0.15) is 0 Å². The zero-order chi connectivity index (χ0) is 17.4. The molecule has 1 heterocycles. The fraction of sp³-hybridized carbons (Fsp3) is 0.895. The van der Waals surface area contributed by atoms with Gasteiger partial charge in [0.25, 0.3) is 0 Å². The molecule has 0 amide bonds. The standard InChI is InChI=1S/C12H21N3.C5H12.C2H6/c1-12(2,3)15-11-9-7-5-4-6-8-10(11)13-14-15;1-5(2,3)4;1-2/h4-9H2,1-3H3;1-4H3;1-2H3. The van der Waals surface area contributed by atoms with Gasteiger partial charge in [0.1, 0.15) is 0 Å². The summed E-state index contributed by atoms with van der Waals surface area (Å²) in [7, 11) is 0. The summed E-state index contributed by atoms with van der Waals surface area (Å²) in [5, 5.41) is 8.66. The molecule has 0 saturated carbocycles. The molecule has 1 aliphatic carbocycles. The second kappa shape index (κ2) is 9.32. The average Bonchev–Trinajstić information content (AvgIpc) is 2.71. The van der Waals surface area contributed by atoms with Crippen molar-refractivity contribution < 1.29 is 0 Å². The average molecular weight is 310 g/mol. The van der Waals surface area contributed by atoms with Crippen molar-refractivity contribution in [3.8, 4) is 0 Å². The molecule has 2 rings (SSSR count). The monoisotopic (exact) mass is 309 g/mol. The quantitative estimate of drug-likeness (QED) is 0.609. The van der Waals surface area contributed by atoms with E-state index in [2.05, 4.69) is 63.5 Å². The van der Waals surface area contributed by atoms with Crippen molar-refractivity contribution in [1.82, 2.24) is 15.0 Å². The molecule has 3 heteroatoms. The maximum absolute atomic E-state index is 4.34. The van der Waals surface area contributed by atoms with Crippen molar-refractivity contribution in [2.45, 2.75) is 106 Å². The zero-order valence-electron chi connectivity index (χ0n) is 16.6.